The van der Waals surface area contributed by atoms with Crippen molar-refractivity contribution in [1.29, 1.82) is 0 Å². The highest BCUT2D eigenvalue weighted by molar-refractivity contribution is 5.94. The largest absolute Gasteiger partial charge is 0.480 e. The first-order valence-electron chi connectivity index (χ1n) is 13.2. The van der Waals surface area contributed by atoms with Gasteiger partial charge in [-0.1, -0.05) is 73.7 Å². The first kappa shape index (κ1) is 26.6. The maximum Gasteiger partial charge on any atom is 0.320 e. The van der Waals surface area contributed by atoms with Crippen LogP contribution in [0, 0.1) is 5.92 Å². The van der Waals surface area contributed by atoms with Gasteiger partial charge in [0.05, 0.1) is 0 Å². The number of carboxylic acids is 1. The Hall–Kier alpha value is -3.48. The molecule has 1 aliphatic heterocycles. The van der Waals surface area contributed by atoms with Crippen LogP contribution in [0.2, 0.25) is 0 Å². The van der Waals surface area contributed by atoms with E-state index in [2.05, 4.69) is 65.7 Å². The van der Waals surface area contributed by atoms with Crippen molar-refractivity contribution in [1.82, 2.24) is 10.2 Å². The lowest BCUT2D eigenvalue weighted by atomic mass is 9.79. The Morgan fingerprint density at radius 1 is 0.946 bits per heavy atom. The number of hydrogen-bond acceptors (Lipinski definition) is 4. The van der Waals surface area contributed by atoms with Crippen molar-refractivity contribution in [3.63, 3.8) is 0 Å². The summed E-state index contributed by atoms with van der Waals surface area (Å²) in [5.74, 6) is -0.411. The molecule has 3 aromatic rings. The zero-order valence-corrected chi connectivity index (χ0v) is 21.5. The molecule has 2 atom stereocenters. The molecular formula is C31H37N3O3. The average molecular weight is 500 g/mol. The fraction of sp³-hybridized carbons (Fsp3) is 0.355. The summed E-state index contributed by atoms with van der Waals surface area (Å²) in [7, 11) is 0. The van der Waals surface area contributed by atoms with E-state index in [1.165, 1.54) is 16.7 Å². The molecule has 0 unspecified atom stereocenters. The van der Waals surface area contributed by atoms with Crippen LogP contribution >= 0.6 is 0 Å². The molecule has 4 N–H and O–H groups in total. The van der Waals surface area contributed by atoms with E-state index in [0.29, 0.717) is 18.0 Å². The Bertz CT molecular complexity index is 1150. The van der Waals surface area contributed by atoms with Crippen LogP contribution in [0.5, 0.6) is 0 Å². The molecule has 4 rings (SSSR count). The maximum absolute atomic E-state index is 13.0. The highest BCUT2D eigenvalue weighted by Gasteiger charge is 2.28. The Morgan fingerprint density at radius 2 is 1.57 bits per heavy atom. The van der Waals surface area contributed by atoms with Gasteiger partial charge in [0.15, 0.2) is 0 Å². The lowest BCUT2D eigenvalue weighted by Gasteiger charge is -2.36. The molecule has 1 heterocycles. The third-order valence-electron chi connectivity index (χ3n) is 7.57. The minimum Gasteiger partial charge on any atom is -0.480 e. The minimum absolute atomic E-state index is 0.119. The first-order valence-corrected chi connectivity index (χ1v) is 13.2. The van der Waals surface area contributed by atoms with Crippen molar-refractivity contribution in [3.8, 4) is 11.1 Å². The van der Waals surface area contributed by atoms with Crippen molar-refractivity contribution in [2.45, 2.75) is 38.1 Å². The molecule has 1 amide bonds. The molecular weight excluding hydrogens is 462 g/mol. The van der Waals surface area contributed by atoms with Gasteiger partial charge in [0.25, 0.3) is 5.91 Å². The normalized spacial score (nSPS) is 16.2. The van der Waals surface area contributed by atoms with Crippen molar-refractivity contribution in [3.05, 3.63) is 95.6 Å². The SMILES string of the molecule is CCN1CCC([C@@H](CNC(=O)c2ccc(C[C@@H](N)C(=O)O)cc2)c2ccc(-c3ccccc3)cc2)CC1. The molecule has 194 valence electrons. The minimum atomic E-state index is -1.03. The van der Waals surface area contributed by atoms with Crippen LogP contribution in [-0.2, 0) is 11.2 Å². The lowest BCUT2D eigenvalue weighted by molar-refractivity contribution is -0.138. The van der Waals surface area contributed by atoms with Gasteiger partial charge in [-0.2, -0.15) is 0 Å². The second kappa shape index (κ2) is 12.7. The van der Waals surface area contributed by atoms with Gasteiger partial charge in [0.1, 0.15) is 6.04 Å². The smallest absolute Gasteiger partial charge is 0.320 e. The Kier molecular flexibility index (Phi) is 9.09. The number of carbonyl (C=O) groups excluding carboxylic acids is 1. The molecule has 1 aliphatic rings. The number of nitrogens with one attached hydrogen (secondary N) is 1. The van der Waals surface area contributed by atoms with Gasteiger partial charge in [0, 0.05) is 18.0 Å². The van der Waals surface area contributed by atoms with Gasteiger partial charge in [-0.15, -0.1) is 0 Å². The average Bonchev–Trinajstić information content (AvgIpc) is 2.94. The van der Waals surface area contributed by atoms with E-state index in [1.54, 1.807) is 24.3 Å². The van der Waals surface area contributed by atoms with Gasteiger partial charge in [0.2, 0.25) is 0 Å². The summed E-state index contributed by atoms with van der Waals surface area (Å²) >= 11 is 0. The van der Waals surface area contributed by atoms with Crippen LogP contribution in [0.25, 0.3) is 11.1 Å². The summed E-state index contributed by atoms with van der Waals surface area (Å²) in [5, 5.41) is 12.2. The topological polar surface area (TPSA) is 95.7 Å². The van der Waals surface area contributed by atoms with Crippen LogP contribution in [0.1, 0.15) is 47.2 Å². The van der Waals surface area contributed by atoms with Gasteiger partial charge >= 0.3 is 5.97 Å². The standard InChI is InChI=1S/C31H37N3O3/c1-2-34-18-16-26(17-19-34)28(25-14-12-24(13-15-25)23-6-4-3-5-7-23)21-33-30(35)27-10-8-22(9-11-27)20-29(32)31(36)37/h3-15,26,28-29H,2,16-21,32H2,1H3,(H,33,35)(H,36,37)/t28-,29+/m0/s1. The molecule has 0 bridgehead atoms. The number of aliphatic carboxylic acids is 1. The number of amides is 1. The summed E-state index contributed by atoms with van der Waals surface area (Å²) in [5.41, 5.74) is 10.6. The van der Waals surface area contributed by atoms with Crippen LogP contribution in [0.3, 0.4) is 0 Å². The van der Waals surface area contributed by atoms with Crippen LogP contribution < -0.4 is 11.1 Å². The predicted octanol–water partition coefficient (Wildman–Crippen LogP) is 4.55. The number of nitrogens with zero attached hydrogens (tertiary/aromatic N) is 1. The van der Waals surface area contributed by atoms with E-state index in [-0.39, 0.29) is 18.2 Å². The van der Waals surface area contributed by atoms with E-state index in [4.69, 9.17) is 10.8 Å². The van der Waals surface area contributed by atoms with E-state index in [0.717, 1.165) is 38.0 Å². The first-order chi connectivity index (χ1) is 17.9. The number of piperidine rings is 1. The van der Waals surface area contributed by atoms with Gasteiger partial charge in [-0.25, -0.2) is 0 Å². The molecule has 1 fully saturated rings. The van der Waals surface area contributed by atoms with Crippen LogP contribution in [-0.4, -0.2) is 54.1 Å². The van der Waals surface area contributed by atoms with Crippen molar-refractivity contribution in [2.24, 2.45) is 11.7 Å². The van der Waals surface area contributed by atoms with E-state index < -0.39 is 12.0 Å². The Balaban J connectivity index is 1.45. The van der Waals surface area contributed by atoms with Gasteiger partial charge < -0.3 is 21.1 Å². The Morgan fingerprint density at radius 3 is 2.16 bits per heavy atom. The zero-order valence-electron chi connectivity index (χ0n) is 21.5. The maximum atomic E-state index is 13.0. The summed E-state index contributed by atoms with van der Waals surface area (Å²) in [6, 6.07) is 25.2. The molecule has 0 spiro atoms. The van der Waals surface area contributed by atoms with Crippen molar-refractivity contribution < 1.29 is 14.7 Å². The molecule has 0 aromatic heterocycles. The molecule has 0 radical (unpaired) electrons. The highest BCUT2D eigenvalue weighted by Crippen LogP contribution is 2.33. The van der Waals surface area contributed by atoms with Gasteiger partial charge in [-0.05, 0) is 79.2 Å². The third-order valence-corrected chi connectivity index (χ3v) is 7.57. The van der Waals surface area contributed by atoms with Crippen LogP contribution in [0.15, 0.2) is 78.9 Å². The van der Waals surface area contributed by atoms with Crippen molar-refractivity contribution in [2.75, 3.05) is 26.2 Å². The van der Waals surface area contributed by atoms with E-state index >= 15 is 0 Å². The highest BCUT2D eigenvalue weighted by atomic mass is 16.4. The van der Waals surface area contributed by atoms with Crippen molar-refractivity contribution >= 4 is 11.9 Å². The second-order valence-corrected chi connectivity index (χ2v) is 9.92. The zero-order chi connectivity index (χ0) is 26.2. The molecule has 6 nitrogen and oxygen atoms in total. The number of hydrogen-bond donors (Lipinski definition) is 3. The summed E-state index contributed by atoms with van der Waals surface area (Å²) < 4.78 is 0. The molecule has 6 heteroatoms. The second-order valence-electron chi connectivity index (χ2n) is 9.92. The number of benzene rings is 3. The number of rotatable bonds is 10. The Labute approximate surface area is 219 Å². The fourth-order valence-corrected chi connectivity index (χ4v) is 5.22. The predicted molar refractivity (Wildman–Crippen MR) is 148 cm³/mol. The third kappa shape index (κ3) is 7.06. The number of carboxylic acid groups (broad SMARTS) is 1. The molecule has 0 saturated carbocycles. The fourth-order valence-electron chi connectivity index (χ4n) is 5.22. The molecule has 1 saturated heterocycles. The van der Waals surface area contributed by atoms with Gasteiger partial charge in [-0.3, -0.25) is 9.59 Å². The lowest BCUT2D eigenvalue weighted by Crippen LogP contribution is -2.38. The number of carbonyl (C=O) groups is 2. The van der Waals surface area contributed by atoms with E-state index in [9.17, 15) is 9.59 Å². The molecule has 37 heavy (non-hydrogen) atoms. The van der Waals surface area contributed by atoms with Crippen LogP contribution in [0.4, 0.5) is 0 Å². The summed E-state index contributed by atoms with van der Waals surface area (Å²) in [6.45, 7) is 6.04. The quantitative estimate of drug-likeness (QED) is 0.380. The molecule has 0 aliphatic carbocycles. The monoisotopic (exact) mass is 499 g/mol. The van der Waals surface area contributed by atoms with E-state index in [1.807, 2.05) is 6.07 Å². The number of nitrogens with two attached hydrogens (primary N) is 1. The number of likely N-dealkylation sites (tertiary alicyclic amines) is 1. The summed E-state index contributed by atoms with van der Waals surface area (Å²) in [4.78, 5) is 26.5. The summed E-state index contributed by atoms with van der Waals surface area (Å²) in [6.07, 6.45) is 2.47. The molecule has 3 aromatic carbocycles.